The van der Waals surface area contributed by atoms with E-state index in [2.05, 4.69) is 51.2 Å². The Morgan fingerprint density at radius 1 is 1.32 bits per heavy atom. The normalized spacial score (nSPS) is 22.4. The molecule has 1 fully saturated rings. The number of benzene rings is 1. The Kier molecular flexibility index (Phi) is 4.87. The molecule has 0 bridgehead atoms. The summed E-state index contributed by atoms with van der Waals surface area (Å²) in [6, 6.07) is 7.26. The van der Waals surface area contributed by atoms with E-state index >= 15 is 0 Å². The second kappa shape index (κ2) is 6.42. The van der Waals surface area contributed by atoms with E-state index in [-0.39, 0.29) is 0 Å². The van der Waals surface area contributed by atoms with Gasteiger partial charge in [0.15, 0.2) is 0 Å². The van der Waals surface area contributed by atoms with Crippen molar-refractivity contribution in [2.24, 2.45) is 0 Å². The predicted molar refractivity (Wildman–Crippen MR) is 81.0 cm³/mol. The van der Waals surface area contributed by atoms with Gasteiger partial charge in [-0.25, -0.2) is 0 Å². The Morgan fingerprint density at radius 2 is 2.05 bits per heavy atom. The predicted octanol–water partition coefficient (Wildman–Crippen LogP) is 4.03. The Hall–Kier alpha value is -1.02. The minimum Gasteiger partial charge on any atom is -0.490 e. The summed E-state index contributed by atoms with van der Waals surface area (Å²) in [5, 5.41) is 3.55. The average molecular weight is 261 g/mol. The summed E-state index contributed by atoms with van der Waals surface area (Å²) in [5.41, 5.74) is 2.61. The molecule has 0 spiro atoms. The summed E-state index contributed by atoms with van der Waals surface area (Å²) in [4.78, 5) is 0. The van der Waals surface area contributed by atoms with E-state index in [1.807, 2.05) is 0 Å². The molecule has 19 heavy (non-hydrogen) atoms. The highest BCUT2D eigenvalue weighted by Gasteiger charge is 2.30. The van der Waals surface area contributed by atoms with Crippen molar-refractivity contribution in [2.45, 2.75) is 65.0 Å². The number of nitrogens with one attached hydrogen (secondary N) is 1. The van der Waals surface area contributed by atoms with Crippen LogP contribution in [0, 0.1) is 6.92 Å². The average Bonchev–Trinajstić information content (AvgIpc) is 2.33. The highest BCUT2D eigenvalue weighted by atomic mass is 16.5. The molecule has 1 aliphatic rings. The molecule has 1 aliphatic carbocycles. The molecule has 0 saturated heterocycles. The largest absolute Gasteiger partial charge is 0.490 e. The summed E-state index contributed by atoms with van der Waals surface area (Å²) in [6.45, 7) is 9.91. The third-order valence-electron chi connectivity index (χ3n) is 3.95. The highest BCUT2D eigenvalue weighted by molar-refractivity contribution is 5.38. The first-order valence-electron chi connectivity index (χ1n) is 7.60. The van der Waals surface area contributed by atoms with E-state index in [1.54, 1.807) is 0 Å². The van der Waals surface area contributed by atoms with Crippen molar-refractivity contribution in [1.82, 2.24) is 5.32 Å². The van der Waals surface area contributed by atoms with Gasteiger partial charge in [-0.05, 0) is 55.8 Å². The third kappa shape index (κ3) is 3.73. The van der Waals surface area contributed by atoms with Crippen LogP contribution < -0.4 is 10.1 Å². The zero-order chi connectivity index (χ0) is 13.8. The molecule has 1 aromatic carbocycles. The smallest absolute Gasteiger partial charge is 0.122 e. The van der Waals surface area contributed by atoms with Gasteiger partial charge < -0.3 is 10.1 Å². The first kappa shape index (κ1) is 14.4. The highest BCUT2D eigenvalue weighted by Crippen LogP contribution is 2.30. The number of hydrogen-bond acceptors (Lipinski definition) is 2. The Balaban J connectivity index is 1.88. The van der Waals surface area contributed by atoms with Crippen LogP contribution in [0.5, 0.6) is 5.75 Å². The minimum absolute atomic E-state index is 0.399. The third-order valence-corrected chi connectivity index (χ3v) is 3.95. The molecule has 0 radical (unpaired) electrons. The molecule has 106 valence electrons. The molecular weight excluding hydrogens is 234 g/mol. The second-order valence-electron chi connectivity index (χ2n) is 6.04. The fourth-order valence-corrected chi connectivity index (χ4v) is 2.46. The van der Waals surface area contributed by atoms with Crippen LogP contribution in [0.15, 0.2) is 18.2 Å². The fraction of sp³-hybridized carbons (Fsp3) is 0.647. The monoisotopic (exact) mass is 261 g/mol. The maximum atomic E-state index is 6.14. The molecule has 1 aromatic rings. The SMILES string of the molecule is CCCNC1CC(Oc2cc(C(C)C)ccc2C)C1. The van der Waals surface area contributed by atoms with Crippen LogP contribution in [-0.2, 0) is 0 Å². The standard InChI is InChI=1S/C17H27NO/c1-5-8-18-15-10-16(11-15)19-17-9-14(12(2)3)7-6-13(17)4/h6-7,9,12,15-16,18H,5,8,10-11H2,1-4H3. The van der Waals surface area contributed by atoms with Gasteiger partial charge in [0, 0.05) is 6.04 Å². The quantitative estimate of drug-likeness (QED) is 0.835. The van der Waals surface area contributed by atoms with Gasteiger partial charge in [-0.1, -0.05) is 32.9 Å². The lowest BCUT2D eigenvalue weighted by molar-refractivity contribution is 0.0845. The molecule has 2 nitrogen and oxygen atoms in total. The number of rotatable bonds is 6. The van der Waals surface area contributed by atoms with Crippen molar-refractivity contribution in [3.8, 4) is 5.75 Å². The molecule has 0 aromatic heterocycles. The van der Waals surface area contributed by atoms with Gasteiger partial charge in [0.1, 0.15) is 11.9 Å². The van der Waals surface area contributed by atoms with Gasteiger partial charge in [0.25, 0.3) is 0 Å². The summed E-state index contributed by atoms with van der Waals surface area (Å²) >= 11 is 0. The number of ether oxygens (including phenoxy) is 1. The lowest BCUT2D eigenvalue weighted by Gasteiger charge is -2.36. The van der Waals surface area contributed by atoms with Crippen LogP contribution in [0.4, 0.5) is 0 Å². The zero-order valence-electron chi connectivity index (χ0n) is 12.7. The van der Waals surface area contributed by atoms with E-state index in [9.17, 15) is 0 Å². The number of aryl methyl sites for hydroxylation is 1. The van der Waals surface area contributed by atoms with Gasteiger partial charge in [-0.3, -0.25) is 0 Å². The maximum absolute atomic E-state index is 6.14. The Bertz CT molecular complexity index is 408. The maximum Gasteiger partial charge on any atom is 0.122 e. The van der Waals surface area contributed by atoms with E-state index in [1.165, 1.54) is 17.5 Å². The van der Waals surface area contributed by atoms with E-state index < -0.39 is 0 Å². The first-order chi connectivity index (χ1) is 9.10. The van der Waals surface area contributed by atoms with Crippen LogP contribution in [0.25, 0.3) is 0 Å². The molecule has 0 unspecified atom stereocenters. The zero-order valence-corrected chi connectivity index (χ0v) is 12.7. The van der Waals surface area contributed by atoms with Crippen molar-refractivity contribution < 1.29 is 4.74 Å². The Labute approximate surface area is 117 Å². The van der Waals surface area contributed by atoms with E-state index in [0.29, 0.717) is 18.1 Å². The molecule has 0 heterocycles. The van der Waals surface area contributed by atoms with E-state index in [4.69, 9.17) is 4.74 Å². The number of hydrogen-bond donors (Lipinski definition) is 1. The van der Waals surface area contributed by atoms with E-state index in [0.717, 1.165) is 25.1 Å². The van der Waals surface area contributed by atoms with Crippen LogP contribution >= 0.6 is 0 Å². The Morgan fingerprint density at radius 3 is 2.68 bits per heavy atom. The van der Waals surface area contributed by atoms with Crippen molar-refractivity contribution in [1.29, 1.82) is 0 Å². The molecule has 2 rings (SSSR count). The summed E-state index contributed by atoms with van der Waals surface area (Å²) in [6.07, 6.45) is 3.89. The first-order valence-corrected chi connectivity index (χ1v) is 7.60. The molecule has 0 aliphatic heterocycles. The van der Waals surface area contributed by atoms with Crippen LogP contribution in [0.2, 0.25) is 0 Å². The van der Waals surface area contributed by atoms with Gasteiger partial charge in [0.05, 0.1) is 0 Å². The molecule has 1 saturated carbocycles. The molecular formula is C17H27NO. The molecule has 0 atom stereocenters. The topological polar surface area (TPSA) is 21.3 Å². The van der Waals surface area contributed by atoms with Crippen molar-refractivity contribution in [3.05, 3.63) is 29.3 Å². The van der Waals surface area contributed by atoms with Crippen LogP contribution in [0.1, 0.15) is 57.1 Å². The lowest BCUT2D eigenvalue weighted by atomic mass is 9.89. The second-order valence-corrected chi connectivity index (χ2v) is 6.04. The molecule has 0 amide bonds. The van der Waals surface area contributed by atoms with Gasteiger partial charge in [-0.15, -0.1) is 0 Å². The lowest BCUT2D eigenvalue weighted by Crippen LogP contribution is -2.47. The van der Waals surface area contributed by atoms with Gasteiger partial charge in [-0.2, -0.15) is 0 Å². The minimum atomic E-state index is 0.399. The summed E-state index contributed by atoms with van der Waals surface area (Å²) in [5.74, 6) is 1.63. The fourth-order valence-electron chi connectivity index (χ4n) is 2.46. The van der Waals surface area contributed by atoms with Crippen molar-refractivity contribution >= 4 is 0 Å². The van der Waals surface area contributed by atoms with Crippen molar-refractivity contribution in [2.75, 3.05) is 6.54 Å². The van der Waals surface area contributed by atoms with Gasteiger partial charge in [0.2, 0.25) is 0 Å². The molecule has 2 heteroatoms. The summed E-state index contributed by atoms with van der Waals surface area (Å²) < 4.78 is 6.14. The van der Waals surface area contributed by atoms with Crippen LogP contribution in [-0.4, -0.2) is 18.7 Å². The van der Waals surface area contributed by atoms with Crippen molar-refractivity contribution in [3.63, 3.8) is 0 Å². The van der Waals surface area contributed by atoms with Gasteiger partial charge >= 0.3 is 0 Å². The summed E-state index contributed by atoms with van der Waals surface area (Å²) in [7, 11) is 0. The van der Waals surface area contributed by atoms with Crippen LogP contribution in [0.3, 0.4) is 0 Å². The molecule has 1 N–H and O–H groups in total.